The molecule has 5 heteroatoms. The minimum atomic E-state index is -0.405. The second-order valence-corrected chi connectivity index (χ2v) is 8.17. The average Bonchev–Trinajstić information content (AvgIpc) is 3.27. The maximum atomic E-state index is 12.7. The van der Waals surface area contributed by atoms with Crippen molar-refractivity contribution in [3.05, 3.63) is 107 Å². The van der Waals surface area contributed by atoms with Crippen molar-refractivity contribution in [2.24, 2.45) is 0 Å². The first-order valence-electron chi connectivity index (χ1n) is 9.99. The molecule has 0 aliphatic heterocycles. The van der Waals surface area contributed by atoms with Crippen LogP contribution in [0.4, 0.5) is 0 Å². The van der Waals surface area contributed by atoms with Gasteiger partial charge < -0.3 is 4.74 Å². The van der Waals surface area contributed by atoms with Gasteiger partial charge in [0.15, 0.2) is 0 Å². The lowest BCUT2D eigenvalue weighted by molar-refractivity contribution is 0.0737. The third kappa shape index (κ3) is 3.87. The van der Waals surface area contributed by atoms with Gasteiger partial charge in [-0.1, -0.05) is 60.7 Å². The van der Waals surface area contributed by atoms with Crippen molar-refractivity contribution in [2.45, 2.75) is 0 Å². The summed E-state index contributed by atoms with van der Waals surface area (Å²) in [7, 11) is 0. The van der Waals surface area contributed by atoms with Gasteiger partial charge in [-0.05, 0) is 52.7 Å². The zero-order valence-electron chi connectivity index (χ0n) is 16.9. The van der Waals surface area contributed by atoms with Crippen LogP contribution in [0.25, 0.3) is 32.6 Å². The van der Waals surface area contributed by atoms with Crippen LogP contribution in [0.15, 0.2) is 91.0 Å². The maximum absolute atomic E-state index is 12.7. The molecule has 0 N–H and O–H groups in total. The number of fused-ring (bicyclic) bond motifs is 2. The fourth-order valence-corrected chi connectivity index (χ4v) is 4.43. The lowest BCUT2D eigenvalue weighted by atomic mass is 10.0. The number of allylic oxidation sites excluding steroid dienone is 1. The molecule has 0 unspecified atom stereocenters. The number of carbonyl (C=O) groups is 1. The van der Waals surface area contributed by atoms with Crippen LogP contribution in [0.2, 0.25) is 0 Å². The van der Waals surface area contributed by atoms with Crippen molar-refractivity contribution in [3.8, 4) is 11.8 Å². The molecule has 0 saturated carbocycles. The van der Waals surface area contributed by atoms with E-state index in [2.05, 4.69) is 11.1 Å². The highest BCUT2D eigenvalue weighted by Crippen LogP contribution is 2.28. The van der Waals surface area contributed by atoms with E-state index in [-0.39, 0.29) is 0 Å². The van der Waals surface area contributed by atoms with E-state index >= 15 is 0 Å². The fraction of sp³-hybridized carbons (Fsp3) is 0. The second-order valence-electron chi connectivity index (χ2n) is 7.14. The van der Waals surface area contributed by atoms with Crippen molar-refractivity contribution in [3.63, 3.8) is 0 Å². The fourth-order valence-electron chi connectivity index (χ4n) is 3.49. The minimum absolute atomic E-state index is 0.405. The van der Waals surface area contributed by atoms with Crippen LogP contribution in [0, 0.1) is 11.3 Å². The highest BCUT2D eigenvalue weighted by atomic mass is 32.1. The Bertz CT molecular complexity index is 1490. The third-order valence-electron chi connectivity index (χ3n) is 5.06. The number of para-hydroxylation sites is 1. The summed E-state index contributed by atoms with van der Waals surface area (Å²) in [5.41, 5.74) is 2.72. The van der Waals surface area contributed by atoms with E-state index in [9.17, 15) is 10.1 Å². The van der Waals surface area contributed by atoms with Crippen LogP contribution in [0.3, 0.4) is 0 Å². The van der Waals surface area contributed by atoms with Crippen molar-refractivity contribution in [1.29, 1.82) is 5.26 Å². The third-order valence-corrected chi connectivity index (χ3v) is 6.13. The van der Waals surface area contributed by atoms with Gasteiger partial charge in [-0.2, -0.15) is 5.26 Å². The van der Waals surface area contributed by atoms with Gasteiger partial charge in [-0.15, -0.1) is 11.3 Å². The molecule has 0 atom stereocenters. The van der Waals surface area contributed by atoms with Gasteiger partial charge in [0.1, 0.15) is 16.8 Å². The standard InChI is InChI=1S/C27H16N2O2S/c28-17-20(26-29-24-10-3-4-11-25(24)32-26)16-18-12-14-21(15-13-18)31-27(30)23-9-5-7-19-6-1-2-8-22(19)23/h1-16H/b20-16+. The minimum Gasteiger partial charge on any atom is -0.423 e. The smallest absolute Gasteiger partial charge is 0.344 e. The van der Waals surface area contributed by atoms with Crippen molar-refractivity contribution >= 4 is 49.9 Å². The molecule has 32 heavy (non-hydrogen) atoms. The van der Waals surface area contributed by atoms with Crippen LogP contribution in [-0.4, -0.2) is 11.0 Å². The van der Waals surface area contributed by atoms with Crippen LogP contribution < -0.4 is 4.74 Å². The van der Waals surface area contributed by atoms with Crippen LogP contribution in [-0.2, 0) is 0 Å². The SMILES string of the molecule is N#C/C(=C\c1ccc(OC(=O)c2cccc3ccccc23)cc1)c1nc2ccccc2s1. The predicted octanol–water partition coefficient (Wildman–Crippen LogP) is 6.73. The number of nitriles is 1. The first-order chi connectivity index (χ1) is 15.7. The first-order valence-corrected chi connectivity index (χ1v) is 10.8. The quantitative estimate of drug-likeness (QED) is 0.179. The Morgan fingerprint density at radius 2 is 1.66 bits per heavy atom. The molecule has 1 heterocycles. The molecule has 152 valence electrons. The van der Waals surface area contributed by atoms with E-state index in [0.717, 1.165) is 26.6 Å². The topological polar surface area (TPSA) is 63.0 Å². The number of thiazole rings is 1. The van der Waals surface area contributed by atoms with Crippen LogP contribution in [0.1, 0.15) is 20.9 Å². The summed E-state index contributed by atoms with van der Waals surface area (Å²) < 4.78 is 6.63. The molecule has 0 spiro atoms. The summed E-state index contributed by atoms with van der Waals surface area (Å²) in [5.74, 6) is 0.0378. The van der Waals surface area contributed by atoms with E-state index in [0.29, 0.717) is 21.9 Å². The van der Waals surface area contributed by atoms with E-state index in [4.69, 9.17) is 4.74 Å². The first kappa shape index (κ1) is 19.7. The Labute approximate surface area is 188 Å². The normalized spacial score (nSPS) is 11.4. The molecule has 0 saturated heterocycles. The predicted molar refractivity (Wildman–Crippen MR) is 128 cm³/mol. The molecule has 4 nitrogen and oxygen atoms in total. The Balaban J connectivity index is 1.37. The average molecular weight is 433 g/mol. The molecule has 1 aromatic heterocycles. The lowest BCUT2D eigenvalue weighted by Crippen LogP contribution is -2.08. The molecule has 0 radical (unpaired) electrons. The molecule has 4 aromatic carbocycles. The Morgan fingerprint density at radius 1 is 0.906 bits per heavy atom. The summed E-state index contributed by atoms with van der Waals surface area (Å²) in [6.45, 7) is 0. The number of aromatic nitrogens is 1. The van der Waals surface area contributed by atoms with Crippen molar-refractivity contribution < 1.29 is 9.53 Å². The number of ether oxygens (including phenoxy) is 1. The molecule has 0 bridgehead atoms. The molecule has 5 aromatic rings. The lowest BCUT2D eigenvalue weighted by Gasteiger charge is -2.07. The number of nitrogens with zero attached hydrogens (tertiary/aromatic N) is 2. The van der Waals surface area contributed by atoms with Gasteiger partial charge >= 0.3 is 5.97 Å². The highest BCUT2D eigenvalue weighted by Gasteiger charge is 2.13. The van der Waals surface area contributed by atoms with E-state index in [1.807, 2.05) is 72.8 Å². The van der Waals surface area contributed by atoms with Gasteiger partial charge in [0.25, 0.3) is 0 Å². The number of hydrogen-bond acceptors (Lipinski definition) is 5. The summed E-state index contributed by atoms with van der Waals surface area (Å²) in [5, 5.41) is 12.2. The number of rotatable bonds is 4. The van der Waals surface area contributed by atoms with Crippen molar-refractivity contribution in [1.82, 2.24) is 4.98 Å². The Kier molecular flexibility index (Phi) is 5.20. The molecule has 5 rings (SSSR count). The highest BCUT2D eigenvalue weighted by molar-refractivity contribution is 7.19. The van der Waals surface area contributed by atoms with Crippen LogP contribution in [0.5, 0.6) is 5.75 Å². The number of carbonyl (C=O) groups excluding carboxylic acids is 1. The summed E-state index contributed by atoms with van der Waals surface area (Å²) >= 11 is 1.49. The Hall–Kier alpha value is -4.27. The monoisotopic (exact) mass is 432 g/mol. The molecule has 0 aliphatic rings. The summed E-state index contributed by atoms with van der Waals surface area (Å²) in [6, 6.07) is 30.4. The molecule has 0 aliphatic carbocycles. The summed E-state index contributed by atoms with van der Waals surface area (Å²) in [6.07, 6.45) is 1.79. The Morgan fingerprint density at radius 3 is 2.47 bits per heavy atom. The van der Waals surface area contributed by atoms with Crippen molar-refractivity contribution in [2.75, 3.05) is 0 Å². The number of hydrogen-bond donors (Lipinski definition) is 0. The zero-order chi connectivity index (χ0) is 21.9. The maximum Gasteiger partial charge on any atom is 0.344 e. The van der Waals surface area contributed by atoms with Crippen LogP contribution >= 0.6 is 11.3 Å². The molecular formula is C27H16N2O2S. The second kappa shape index (κ2) is 8.46. The zero-order valence-corrected chi connectivity index (χ0v) is 17.7. The van der Waals surface area contributed by atoms with E-state index < -0.39 is 5.97 Å². The van der Waals surface area contributed by atoms with Gasteiger partial charge in [0, 0.05) is 0 Å². The van der Waals surface area contributed by atoms with Gasteiger partial charge in [-0.25, -0.2) is 9.78 Å². The molecule has 0 amide bonds. The van der Waals surface area contributed by atoms with Gasteiger partial charge in [-0.3, -0.25) is 0 Å². The number of benzene rings is 4. The summed E-state index contributed by atoms with van der Waals surface area (Å²) in [4.78, 5) is 17.3. The van der Waals surface area contributed by atoms with E-state index in [1.165, 1.54) is 11.3 Å². The van der Waals surface area contributed by atoms with E-state index in [1.54, 1.807) is 24.3 Å². The number of esters is 1. The molecular weight excluding hydrogens is 416 g/mol. The van der Waals surface area contributed by atoms with Gasteiger partial charge in [0.2, 0.25) is 0 Å². The van der Waals surface area contributed by atoms with Gasteiger partial charge in [0.05, 0.1) is 21.4 Å². The largest absolute Gasteiger partial charge is 0.423 e. The molecule has 0 fully saturated rings.